The zero-order valence-corrected chi connectivity index (χ0v) is 18.3. The Labute approximate surface area is 185 Å². The number of aliphatic hydroxyl groups excluding tert-OH is 1. The number of aromatic hydroxyl groups is 1. The average molecular weight is 458 g/mol. The normalized spacial score (nSPS) is 21.3. The van der Waals surface area contributed by atoms with Crippen LogP contribution in [-0.4, -0.2) is 28.6 Å². The fourth-order valence-electron chi connectivity index (χ4n) is 4.36. The molecule has 0 heterocycles. The second-order valence-corrected chi connectivity index (χ2v) is 11.0. The van der Waals surface area contributed by atoms with Crippen LogP contribution in [-0.2, 0) is 4.57 Å². The maximum Gasteiger partial charge on any atom is 0.164 e. The smallest absolute Gasteiger partial charge is 0.164 e. The van der Waals surface area contributed by atoms with E-state index < -0.39 is 36.7 Å². The first-order chi connectivity index (χ1) is 15.4. The number of ether oxygens (including phenoxy) is 1. The van der Waals surface area contributed by atoms with Crippen LogP contribution in [0, 0.1) is 17.6 Å². The van der Waals surface area contributed by atoms with Gasteiger partial charge in [0.05, 0.1) is 6.10 Å². The number of phenolic OH excluding ortho intramolecular Hbond substituents is 1. The topological polar surface area (TPSA) is 66.8 Å². The summed E-state index contributed by atoms with van der Waals surface area (Å²) in [5, 5.41) is 22.4. The van der Waals surface area contributed by atoms with Gasteiger partial charge in [0.15, 0.2) is 23.1 Å². The van der Waals surface area contributed by atoms with E-state index in [-0.39, 0.29) is 17.8 Å². The van der Waals surface area contributed by atoms with E-state index in [0.29, 0.717) is 25.3 Å². The van der Waals surface area contributed by atoms with Crippen molar-refractivity contribution in [2.75, 3.05) is 6.16 Å². The standard InChI is InChI=1S/C25H25F2O4P/c26-20-14-22(28)24(15-21(20)27)31-23-13-7-8-17(25(23)29)16-32(30,18-9-3-1-4-10-18)19-11-5-2-6-12-19/h1-6,9-12,14-15,17,23,25,28-29H,7-8,13,16H2/t17?,23?,25-/m1/s1. The predicted molar refractivity (Wildman–Crippen MR) is 120 cm³/mol. The second-order valence-electron chi connectivity index (χ2n) is 8.17. The molecule has 0 saturated heterocycles. The maximum absolute atomic E-state index is 14.3. The molecule has 1 aliphatic rings. The molecule has 2 N–H and O–H groups in total. The van der Waals surface area contributed by atoms with Crippen LogP contribution >= 0.6 is 7.14 Å². The van der Waals surface area contributed by atoms with E-state index in [0.717, 1.165) is 16.7 Å². The third kappa shape index (κ3) is 4.57. The third-order valence-electron chi connectivity index (χ3n) is 6.05. The highest BCUT2D eigenvalue weighted by Gasteiger charge is 2.39. The second kappa shape index (κ2) is 9.43. The Morgan fingerprint density at radius 3 is 2.06 bits per heavy atom. The number of hydrogen-bond donors (Lipinski definition) is 2. The molecule has 7 heteroatoms. The Morgan fingerprint density at radius 1 is 0.906 bits per heavy atom. The average Bonchev–Trinajstić information content (AvgIpc) is 2.81. The maximum atomic E-state index is 14.3. The molecule has 0 radical (unpaired) electrons. The van der Waals surface area contributed by atoms with Gasteiger partial charge in [0, 0.05) is 28.9 Å². The summed E-state index contributed by atoms with van der Waals surface area (Å²) in [6.07, 6.45) is 0.402. The lowest BCUT2D eigenvalue weighted by Crippen LogP contribution is -2.43. The molecule has 3 aromatic rings. The van der Waals surface area contributed by atoms with Crippen LogP contribution in [0.2, 0.25) is 0 Å². The molecule has 4 nitrogen and oxygen atoms in total. The van der Waals surface area contributed by atoms with Crippen molar-refractivity contribution in [3.63, 3.8) is 0 Å². The minimum atomic E-state index is -3.04. The van der Waals surface area contributed by atoms with Crippen molar-refractivity contribution in [1.29, 1.82) is 0 Å². The Kier molecular flexibility index (Phi) is 6.63. The highest BCUT2D eigenvalue weighted by atomic mass is 31.2. The van der Waals surface area contributed by atoms with Gasteiger partial charge in [-0.05, 0) is 25.2 Å². The van der Waals surface area contributed by atoms with Crippen molar-refractivity contribution in [2.24, 2.45) is 5.92 Å². The summed E-state index contributed by atoms with van der Waals surface area (Å²) in [7, 11) is -3.04. The van der Waals surface area contributed by atoms with Gasteiger partial charge in [0.25, 0.3) is 0 Å². The Morgan fingerprint density at radius 2 is 1.47 bits per heavy atom. The van der Waals surface area contributed by atoms with E-state index in [9.17, 15) is 23.6 Å². The predicted octanol–water partition coefficient (Wildman–Crippen LogP) is 4.59. The van der Waals surface area contributed by atoms with Gasteiger partial charge in [-0.3, -0.25) is 0 Å². The molecular weight excluding hydrogens is 433 g/mol. The summed E-state index contributed by atoms with van der Waals surface area (Å²) in [6, 6.07) is 19.9. The summed E-state index contributed by atoms with van der Waals surface area (Å²) in [5.74, 6) is -3.39. The first-order valence-corrected chi connectivity index (χ1v) is 12.5. The lowest BCUT2D eigenvalue weighted by atomic mass is 9.85. The SMILES string of the molecule is O=P(CC1CCCC(Oc2cc(F)c(F)cc2O)[C@@H]1O)(c1ccccc1)c1ccccc1. The number of halogens is 2. The molecule has 168 valence electrons. The number of benzene rings is 3. The van der Waals surface area contributed by atoms with Crippen LogP contribution in [0.1, 0.15) is 19.3 Å². The summed E-state index contributed by atoms with van der Waals surface area (Å²) < 4.78 is 47.0. The van der Waals surface area contributed by atoms with E-state index in [1.807, 2.05) is 60.7 Å². The largest absolute Gasteiger partial charge is 0.504 e. The van der Waals surface area contributed by atoms with Gasteiger partial charge in [-0.1, -0.05) is 60.7 Å². The highest BCUT2D eigenvalue weighted by molar-refractivity contribution is 7.78. The van der Waals surface area contributed by atoms with Crippen LogP contribution in [0.5, 0.6) is 11.5 Å². The third-order valence-corrected chi connectivity index (χ3v) is 9.29. The molecule has 0 bridgehead atoms. The van der Waals surface area contributed by atoms with Crippen LogP contribution in [0.4, 0.5) is 8.78 Å². The zero-order chi connectivity index (χ0) is 22.7. The summed E-state index contributed by atoms with van der Waals surface area (Å²) in [6.45, 7) is 0. The summed E-state index contributed by atoms with van der Waals surface area (Å²) >= 11 is 0. The van der Waals surface area contributed by atoms with Crippen molar-refractivity contribution in [1.82, 2.24) is 0 Å². The Balaban J connectivity index is 1.60. The molecule has 0 spiro atoms. The molecule has 0 aliphatic heterocycles. The molecule has 0 aromatic heterocycles. The van der Waals surface area contributed by atoms with E-state index >= 15 is 0 Å². The van der Waals surface area contributed by atoms with Crippen LogP contribution in [0.15, 0.2) is 72.8 Å². The fraction of sp³-hybridized carbons (Fsp3) is 0.280. The summed E-state index contributed by atoms with van der Waals surface area (Å²) in [4.78, 5) is 0. The van der Waals surface area contributed by atoms with Crippen molar-refractivity contribution in [2.45, 2.75) is 31.5 Å². The molecule has 1 fully saturated rings. The number of rotatable bonds is 6. The number of hydrogen-bond acceptors (Lipinski definition) is 4. The van der Waals surface area contributed by atoms with E-state index in [1.165, 1.54) is 0 Å². The first kappa shape index (κ1) is 22.5. The molecule has 0 amide bonds. The zero-order valence-electron chi connectivity index (χ0n) is 17.4. The van der Waals surface area contributed by atoms with Crippen molar-refractivity contribution < 1.29 is 28.3 Å². The van der Waals surface area contributed by atoms with E-state index in [1.54, 1.807) is 0 Å². The number of phenols is 1. The molecule has 2 unspecified atom stereocenters. The molecule has 1 saturated carbocycles. The van der Waals surface area contributed by atoms with E-state index in [4.69, 9.17) is 4.74 Å². The molecular formula is C25H25F2O4P. The van der Waals surface area contributed by atoms with Gasteiger partial charge in [-0.25, -0.2) is 8.78 Å². The monoisotopic (exact) mass is 458 g/mol. The minimum absolute atomic E-state index is 0.220. The van der Waals surface area contributed by atoms with Crippen molar-refractivity contribution in [3.8, 4) is 11.5 Å². The number of aliphatic hydroxyl groups is 1. The van der Waals surface area contributed by atoms with Gasteiger partial charge >= 0.3 is 0 Å². The van der Waals surface area contributed by atoms with E-state index in [2.05, 4.69) is 0 Å². The van der Waals surface area contributed by atoms with Crippen LogP contribution in [0.3, 0.4) is 0 Å². The quantitative estimate of drug-likeness (QED) is 0.531. The molecule has 3 atom stereocenters. The molecule has 1 aliphatic carbocycles. The Hall–Kier alpha value is -2.69. The van der Waals surface area contributed by atoms with Gasteiger partial charge in [-0.15, -0.1) is 0 Å². The van der Waals surface area contributed by atoms with Crippen molar-refractivity contribution >= 4 is 17.8 Å². The van der Waals surface area contributed by atoms with Crippen molar-refractivity contribution in [3.05, 3.63) is 84.4 Å². The Bertz CT molecular complexity index is 1060. The van der Waals surface area contributed by atoms with Gasteiger partial charge in [-0.2, -0.15) is 0 Å². The summed E-state index contributed by atoms with van der Waals surface area (Å²) in [5.41, 5.74) is 0. The fourth-order valence-corrected chi connectivity index (χ4v) is 7.44. The highest BCUT2D eigenvalue weighted by Crippen LogP contribution is 2.48. The lowest BCUT2D eigenvalue weighted by molar-refractivity contribution is -0.0254. The minimum Gasteiger partial charge on any atom is -0.504 e. The van der Waals surface area contributed by atoms with Crippen LogP contribution < -0.4 is 15.3 Å². The van der Waals surface area contributed by atoms with Gasteiger partial charge < -0.3 is 19.5 Å². The van der Waals surface area contributed by atoms with Gasteiger partial charge in [0.2, 0.25) is 0 Å². The van der Waals surface area contributed by atoms with Crippen LogP contribution in [0.25, 0.3) is 0 Å². The molecule has 3 aromatic carbocycles. The van der Waals surface area contributed by atoms with Gasteiger partial charge in [0.1, 0.15) is 13.2 Å². The first-order valence-electron chi connectivity index (χ1n) is 10.6. The molecule has 32 heavy (non-hydrogen) atoms. The molecule has 4 rings (SSSR count). The lowest BCUT2D eigenvalue weighted by Gasteiger charge is -2.36.